The van der Waals surface area contributed by atoms with E-state index < -0.39 is 0 Å². The quantitative estimate of drug-likeness (QED) is 0.597. The number of fused-ring (bicyclic) bond motifs is 2. The van der Waals surface area contributed by atoms with Gasteiger partial charge in [-0.3, -0.25) is 5.10 Å². The highest BCUT2D eigenvalue weighted by molar-refractivity contribution is 5.82. The normalized spacial score (nSPS) is 18.1. The van der Waals surface area contributed by atoms with E-state index in [1.54, 1.807) is 0 Å². The van der Waals surface area contributed by atoms with Crippen LogP contribution in [0.2, 0.25) is 0 Å². The fourth-order valence-electron chi connectivity index (χ4n) is 3.42. The summed E-state index contributed by atoms with van der Waals surface area (Å²) in [5, 5.41) is 13.0. The third-order valence-electron chi connectivity index (χ3n) is 4.82. The lowest BCUT2D eigenvalue weighted by Crippen LogP contribution is -2.41. The van der Waals surface area contributed by atoms with Crippen LogP contribution in [0.15, 0.2) is 30.6 Å². The Balaban J connectivity index is 1.60. The van der Waals surface area contributed by atoms with Gasteiger partial charge in [0.1, 0.15) is 5.82 Å². The van der Waals surface area contributed by atoms with E-state index in [-0.39, 0.29) is 6.10 Å². The van der Waals surface area contributed by atoms with E-state index >= 15 is 0 Å². The Morgan fingerprint density at radius 1 is 1.23 bits per heavy atom. The summed E-state index contributed by atoms with van der Waals surface area (Å²) in [6.07, 6.45) is 3.88. The van der Waals surface area contributed by atoms with Gasteiger partial charge < -0.3 is 9.64 Å². The lowest BCUT2D eigenvalue weighted by atomic mass is 10.1. The summed E-state index contributed by atoms with van der Waals surface area (Å²) in [7, 11) is 0. The number of aromatic nitrogens is 6. The first-order valence-corrected chi connectivity index (χ1v) is 8.71. The number of pyridine rings is 1. The molecule has 1 aliphatic heterocycles. The van der Waals surface area contributed by atoms with Crippen molar-refractivity contribution in [3.63, 3.8) is 0 Å². The summed E-state index contributed by atoms with van der Waals surface area (Å²) in [5.41, 5.74) is 4.41. The Labute approximate surface area is 149 Å². The van der Waals surface area contributed by atoms with Crippen molar-refractivity contribution >= 4 is 22.5 Å². The van der Waals surface area contributed by atoms with Crippen LogP contribution in [0.3, 0.4) is 0 Å². The van der Waals surface area contributed by atoms with E-state index in [0.717, 1.165) is 59.1 Å². The zero-order chi connectivity index (χ0) is 17.7. The topological polar surface area (TPSA) is 84.2 Å². The summed E-state index contributed by atoms with van der Waals surface area (Å²) in [5.74, 6) is 0.931. The number of hydrogen-bond donors (Lipinski definition) is 1. The van der Waals surface area contributed by atoms with Crippen LogP contribution in [-0.2, 0) is 4.74 Å². The van der Waals surface area contributed by atoms with E-state index in [1.165, 1.54) is 0 Å². The third kappa shape index (κ3) is 2.41. The molecule has 0 radical (unpaired) electrons. The monoisotopic (exact) mass is 349 g/mol. The number of nitrogens with one attached hydrogen (secondary N) is 1. The second kappa shape index (κ2) is 5.77. The van der Waals surface area contributed by atoms with Crippen molar-refractivity contribution in [3.05, 3.63) is 36.3 Å². The van der Waals surface area contributed by atoms with Gasteiger partial charge in [0.25, 0.3) is 0 Å². The highest BCUT2D eigenvalue weighted by Crippen LogP contribution is 2.25. The average molecular weight is 349 g/mol. The average Bonchev–Trinajstić information content (AvgIpc) is 3.25. The van der Waals surface area contributed by atoms with Crippen molar-refractivity contribution in [1.29, 1.82) is 0 Å². The number of nitrogens with zero attached hydrogens (tertiary/aromatic N) is 6. The summed E-state index contributed by atoms with van der Waals surface area (Å²) in [4.78, 5) is 11.2. The number of rotatable bonds is 2. The number of aromatic amines is 1. The van der Waals surface area contributed by atoms with Crippen LogP contribution in [0.4, 0.5) is 5.82 Å². The molecular formula is C18H19N7O. The molecule has 0 aromatic carbocycles. The molecule has 0 spiro atoms. The maximum Gasteiger partial charge on any atom is 0.155 e. The lowest BCUT2D eigenvalue weighted by molar-refractivity contribution is 0.0529. The largest absolute Gasteiger partial charge is 0.375 e. The molecule has 1 atom stereocenters. The molecule has 0 saturated carbocycles. The Morgan fingerprint density at radius 2 is 2.15 bits per heavy atom. The predicted molar refractivity (Wildman–Crippen MR) is 98.2 cm³/mol. The minimum Gasteiger partial charge on any atom is -0.375 e. The summed E-state index contributed by atoms with van der Waals surface area (Å²) >= 11 is 0. The summed E-state index contributed by atoms with van der Waals surface area (Å²) in [6, 6.07) is 6.10. The number of hydrogen-bond acceptors (Lipinski definition) is 6. The second-order valence-electron chi connectivity index (χ2n) is 6.66. The molecule has 5 rings (SSSR count). The van der Waals surface area contributed by atoms with E-state index in [9.17, 15) is 0 Å². The Hall–Kier alpha value is -3.00. The van der Waals surface area contributed by atoms with Crippen molar-refractivity contribution in [3.8, 4) is 11.3 Å². The maximum absolute atomic E-state index is 5.63. The molecule has 0 bridgehead atoms. The first-order chi connectivity index (χ1) is 12.7. The van der Waals surface area contributed by atoms with Crippen LogP contribution in [0.1, 0.15) is 12.6 Å². The first kappa shape index (κ1) is 15.3. The molecule has 1 saturated heterocycles. The Morgan fingerprint density at radius 3 is 3.04 bits per heavy atom. The maximum atomic E-state index is 5.63. The fourth-order valence-corrected chi connectivity index (χ4v) is 3.42. The number of imidazole rings is 1. The lowest BCUT2D eigenvalue weighted by Gasteiger charge is -2.31. The van der Waals surface area contributed by atoms with Crippen molar-refractivity contribution in [2.75, 3.05) is 24.6 Å². The summed E-state index contributed by atoms with van der Waals surface area (Å²) in [6.45, 7) is 6.45. The fraction of sp³-hybridized carbons (Fsp3) is 0.333. The highest BCUT2D eigenvalue weighted by Gasteiger charge is 2.19. The summed E-state index contributed by atoms with van der Waals surface area (Å²) < 4.78 is 7.52. The standard InChI is InChI=1S/C18H19N7O/c1-11-10-24(5-6-26-11)17-4-3-16-19-9-15(25(16)23-17)13-7-14-12(2)21-22-18(14)20-8-13/h3-4,7-9,11H,5-6,10H2,1-2H3,(H,20,21,22)/t11-/m1/s1. The molecule has 4 aromatic heterocycles. The molecule has 8 heteroatoms. The van der Waals surface area contributed by atoms with Crippen LogP contribution >= 0.6 is 0 Å². The van der Waals surface area contributed by atoms with Crippen molar-refractivity contribution < 1.29 is 4.74 Å². The SMILES string of the molecule is Cc1n[nH]c2ncc(-c3cnc4ccc(N5CCO[C@H](C)C5)nn34)cc12. The minimum atomic E-state index is 0.208. The second-order valence-corrected chi connectivity index (χ2v) is 6.66. The smallest absolute Gasteiger partial charge is 0.155 e. The molecule has 5 heterocycles. The van der Waals surface area contributed by atoms with Crippen LogP contribution in [-0.4, -0.2) is 55.6 Å². The van der Waals surface area contributed by atoms with Gasteiger partial charge in [-0.05, 0) is 32.0 Å². The van der Waals surface area contributed by atoms with E-state index in [2.05, 4.69) is 38.1 Å². The van der Waals surface area contributed by atoms with Gasteiger partial charge in [-0.25, -0.2) is 14.5 Å². The number of H-pyrrole nitrogens is 1. The molecule has 1 fully saturated rings. The van der Waals surface area contributed by atoms with E-state index in [1.807, 2.05) is 36.0 Å². The van der Waals surface area contributed by atoms with Crippen LogP contribution < -0.4 is 4.90 Å². The van der Waals surface area contributed by atoms with Gasteiger partial charge in [-0.2, -0.15) is 5.10 Å². The molecule has 8 nitrogen and oxygen atoms in total. The molecule has 0 amide bonds. The zero-order valence-corrected chi connectivity index (χ0v) is 14.7. The van der Waals surface area contributed by atoms with Crippen molar-refractivity contribution in [2.24, 2.45) is 0 Å². The van der Waals surface area contributed by atoms with Crippen molar-refractivity contribution in [2.45, 2.75) is 20.0 Å². The Kier molecular flexibility index (Phi) is 3.39. The van der Waals surface area contributed by atoms with Gasteiger partial charge in [-0.1, -0.05) is 0 Å². The zero-order valence-electron chi connectivity index (χ0n) is 14.7. The van der Waals surface area contributed by atoms with Gasteiger partial charge in [0.05, 0.1) is 30.3 Å². The van der Waals surface area contributed by atoms with Gasteiger partial charge in [0.15, 0.2) is 11.3 Å². The van der Waals surface area contributed by atoms with E-state index in [0.29, 0.717) is 0 Å². The van der Waals surface area contributed by atoms with Crippen molar-refractivity contribution in [1.82, 2.24) is 29.8 Å². The van der Waals surface area contributed by atoms with Gasteiger partial charge >= 0.3 is 0 Å². The van der Waals surface area contributed by atoms with Crippen LogP contribution in [0.5, 0.6) is 0 Å². The van der Waals surface area contributed by atoms with E-state index in [4.69, 9.17) is 9.84 Å². The Bertz CT molecular complexity index is 1100. The molecule has 132 valence electrons. The number of anilines is 1. The third-order valence-corrected chi connectivity index (χ3v) is 4.82. The molecular weight excluding hydrogens is 330 g/mol. The van der Waals surface area contributed by atoms with Gasteiger partial charge in [0.2, 0.25) is 0 Å². The molecule has 0 unspecified atom stereocenters. The van der Waals surface area contributed by atoms with Gasteiger partial charge in [-0.15, -0.1) is 5.10 Å². The van der Waals surface area contributed by atoms with Gasteiger partial charge in [0, 0.05) is 30.2 Å². The molecule has 1 N–H and O–H groups in total. The molecule has 4 aromatic rings. The molecule has 1 aliphatic rings. The first-order valence-electron chi connectivity index (χ1n) is 8.71. The molecule has 26 heavy (non-hydrogen) atoms. The van der Waals surface area contributed by atoms with Crippen LogP contribution in [0.25, 0.3) is 27.9 Å². The minimum absolute atomic E-state index is 0.208. The number of ether oxygens (including phenoxy) is 1. The number of aryl methyl sites for hydroxylation is 1. The van der Waals surface area contributed by atoms with Crippen LogP contribution in [0, 0.1) is 6.92 Å². The number of morpholine rings is 1. The highest BCUT2D eigenvalue weighted by atomic mass is 16.5. The molecule has 0 aliphatic carbocycles. The predicted octanol–water partition coefficient (Wildman–Crippen LogP) is 2.20.